The van der Waals surface area contributed by atoms with Crippen molar-refractivity contribution in [3.05, 3.63) is 59.1 Å². The normalized spacial score (nSPS) is 11.6. The first-order chi connectivity index (χ1) is 14.5. The minimum absolute atomic E-state index is 0.166. The number of hydrogen-bond acceptors (Lipinski definition) is 7. The zero-order valence-electron chi connectivity index (χ0n) is 16.2. The molecule has 0 saturated carbocycles. The summed E-state index contributed by atoms with van der Waals surface area (Å²) in [5.41, 5.74) is 1.03. The molecular formula is C20H19ClN4O3S2. The smallest absolute Gasteiger partial charge is 0.259 e. The zero-order valence-corrected chi connectivity index (χ0v) is 18.6. The van der Waals surface area contributed by atoms with E-state index in [4.69, 9.17) is 16.3 Å². The zero-order chi connectivity index (χ0) is 21.5. The van der Waals surface area contributed by atoms with Crippen LogP contribution in [-0.4, -0.2) is 33.9 Å². The third-order valence-electron chi connectivity index (χ3n) is 3.83. The maximum absolute atomic E-state index is 12.4. The maximum atomic E-state index is 12.4. The number of carbonyl (C=O) groups excluding carboxylic acids is 2. The number of benzene rings is 2. The fourth-order valence-electron chi connectivity index (χ4n) is 2.37. The average Bonchev–Trinajstić information content (AvgIpc) is 3.16. The third-order valence-corrected chi connectivity index (χ3v) is 6.18. The molecule has 156 valence electrons. The van der Waals surface area contributed by atoms with Crippen molar-refractivity contribution in [3.63, 3.8) is 0 Å². The van der Waals surface area contributed by atoms with Crippen LogP contribution >= 0.6 is 34.7 Å². The summed E-state index contributed by atoms with van der Waals surface area (Å²) < 4.78 is 5.96. The van der Waals surface area contributed by atoms with Gasteiger partial charge in [-0.2, -0.15) is 0 Å². The Bertz CT molecular complexity index is 1030. The molecule has 1 aromatic heterocycles. The van der Waals surface area contributed by atoms with Gasteiger partial charge in [0.1, 0.15) is 5.75 Å². The molecule has 10 heteroatoms. The highest BCUT2D eigenvalue weighted by atomic mass is 35.5. The summed E-state index contributed by atoms with van der Waals surface area (Å²) in [6, 6.07) is 13.9. The number of thioether (sulfide) groups is 1. The Morgan fingerprint density at radius 1 is 1.13 bits per heavy atom. The minimum atomic E-state index is -0.406. The molecule has 0 aliphatic carbocycles. The van der Waals surface area contributed by atoms with E-state index in [1.54, 1.807) is 55.5 Å². The van der Waals surface area contributed by atoms with Gasteiger partial charge in [-0.15, -0.1) is 10.2 Å². The fraction of sp³-hybridized carbons (Fsp3) is 0.200. The lowest BCUT2D eigenvalue weighted by Gasteiger charge is -2.11. The molecule has 1 unspecified atom stereocenters. The molecule has 7 nitrogen and oxygen atoms in total. The monoisotopic (exact) mass is 462 g/mol. The van der Waals surface area contributed by atoms with Gasteiger partial charge in [0.2, 0.25) is 11.0 Å². The molecule has 3 aromatic rings. The molecular weight excluding hydrogens is 444 g/mol. The van der Waals surface area contributed by atoms with Gasteiger partial charge in [0, 0.05) is 5.69 Å². The predicted octanol–water partition coefficient (Wildman–Crippen LogP) is 4.96. The summed E-state index contributed by atoms with van der Waals surface area (Å²) in [5.74, 6) is 0.216. The van der Waals surface area contributed by atoms with E-state index in [0.717, 1.165) is 5.75 Å². The van der Waals surface area contributed by atoms with Crippen LogP contribution in [0.15, 0.2) is 52.9 Å². The number of rotatable bonds is 8. The molecule has 1 atom stereocenters. The van der Waals surface area contributed by atoms with Crippen molar-refractivity contribution in [1.29, 1.82) is 0 Å². The van der Waals surface area contributed by atoms with Crippen molar-refractivity contribution in [1.82, 2.24) is 10.2 Å². The number of nitrogens with one attached hydrogen (secondary N) is 2. The first kappa shape index (κ1) is 22.1. The highest BCUT2D eigenvalue weighted by Gasteiger charge is 2.18. The van der Waals surface area contributed by atoms with Crippen LogP contribution in [0.4, 0.5) is 10.8 Å². The van der Waals surface area contributed by atoms with E-state index in [1.165, 1.54) is 23.1 Å². The van der Waals surface area contributed by atoms with Gasteiger partial charge in [0.25, 0.3) is 5.91 Å². The summed E-state index contributed by atoms with van der Waals surface area (Å²) in [6.07, 6.45) is 0. The summed E-state index contributed by atoms with van der Waals surface area (Å²) in [6.45, 7) is 4.27. The van der Waals surface area contributed by atoms with E-state index < -0.39 is 5.25 Å². The van der Waals surface area contributed by atoms with Crippen molar-refractivity contribution in [2.75, 3.05) is 17.2 Å². The van der Waals surface area contributed by atoms with Crippen LogP contribution in [0, 0.1) is 0 Å². The number of carbonyl (C=O) groups is 2. The van der Waals surface area contributed by atoms with Gasteiger partial charge in [-0.1, -0.05) is 46.8 Å². The molecule has 2 amide bonds. The second kappa shape index (κ2) is 10.4. The molecule has 0 aliphatic heterocycles. The van der Waals surface area contributed by atoms with E-state index in [1.807, 2.05) is 6.92 Å². The van der Waals surface area contributed by atoms with Gasteiger partial charge in [0.05, 0.1) is 22.4 Å². The Morgan fingerprint density at radius 2 is 1.87 bits per heavy atom. The first-order valence-corrected chi connectivity index (χ1v) is 11.1. The summed E-state index contributed by atoms with van der Waals surface area (Å²) in [7, 11) is 0. The van der Waals surface area contributed by atoms with Crippen molar-refractivity contribution in [3.8, 4) is 5.75 Å². The summed E-state index contributed by atoms with van der Waals surface area (Å²) >= 11 is 8.49. The molecule has 1 heterocycles. The number of anilines is 2. The Labute approximate surface area is 187 Å². The SMILES string of the molecule is CCOc1ccc(NC(=O)C(C)Sc2nnc(NC(=O)c3ccccc3Cl)s2)cc1. The standard InChI is InChI=1S/C20H19ClN4O3S2/c1-3-28-14-10-8-13(9-11-14)22-17(26)12(2)29-20-25-24-19(30-20)23-18(27)15-6-4-5-7-16(15)21/h4-12H,3H2,1-2H3,(H,22,26)(H,23,24,27). The Kier molecular flexibility index (Phi) is 7.67. The summed E-state index contributed by atoms with van der Waals surface area (Å²) in [5, 5.41) is 13.8. The van der Waals surface area contributed by atoms with E-state index in [0.29, 0.717) is 32.4 Å². The third kappa shape index (κ3) is 5.94. The van der Waals surface area contributed by atoms with E-state index >= 15 is 0 Å². The number of amides is 2. The number of nitrogens with zero attached hydrogens (tertiary/aromatic N) is 2. The second-order valence-corrected chi connectivity index (χ2v) is 8.99. The number of ether oxygens (including phenoxy) is 1. The van der Waals surface area contributed by atoms with Crippen LogP contribution in [0.2, 0.25) is 5.02 Å². The van der Waals surface area contributed by atoms with Crippen molar-refractivity contribution < 1.29 is 14.3 Å². The fourth-order valence-corrected chi connectivity index (χ4v) is 4.48. The Morgan fingerprint density at radius 3 is 2.57 bits per heavy atom. The first-order valence-electron chi connectivity index (χ1n) is 9.06. The molecule has 0 aliphatic rings. The van der Waals surface area contributed by atoms with E-state index in [-0.39, 0.29) is 11.8 Å². The molecule has 0 bridgehead atoms. The molecule has 0 radical (unpaired) electrons. The van der Waals surface area contributed by atoms with Gasteiger partial charge >= 0.3 is 0 Å². The molecule has 0 fully saturated rings. The van der Waals surface area contributed by atoms with Crippen LogP contribution in [0.5, 0.6) is 5.75 Å². The lowest BCUT2D eigenvalue weighted by molar-refractivity contribution is -0.115. The molecule has 0 spiro atoms. The van der Waals surface area contributed by atoms with Crippen molar-refractivity contribution >= 4 is 57.3 Å². The highest BCUT2D eigenvalue weighted by molar-refractivity contribution is 8.02. The van der Waals surface area contributed by atoms with Crippen LogP contribution in [0.1, 0.15) is 24.2 Å². The van der Waals surface area contributed by atoms with Gasteiger partial charge < -0.3 is 10.1 Å². The topological polar surface area (TPSA) is 93.2 Å². The van der Waals surface area contributed by atoms with Crippen LogP contribution < -0.4 is 15.4 Å². The molecule has 30 heavy (non-hydrogen) atoms. The minimum Gasteiger partial charge on any atom is -0.494 e. The molecule has 2 N–H and O–H groups in total. The summed E-state index contributed by atoms with van der Waals surface area (Å²) in [4.78, 5) is 24.7. The second-order valence-electron chi connectivity index (χ2n) is 6.01. The van der Waals surface area contributed by atoms with E-state index in [9.17, 15) is 9.59 Å². The van der Waals surface area contributed by atoms with E-state index in [2.05, 4.69) is 20.8 Å². The number of aromatic nitrogens is 2. The average molecular weight is 463 g/mol. The van der Waals surface area contributed by atoms with Gasteiger partial charge in [-0.05, 0) is 50.2 Å². The molecule has 2 aromatic carbocycles. The molecule has 0 saturated heterocycles. The van der Waals surface area contributed by atoms with Gasteiger partial charge in [-0.25, -0.2) is 0 Å². The van der Waals surface area contributed by atoms with Crippen molar-refractivity contribution in [2.24, 2.45) is 0 Å². The Balaban J connectivity index is 1.55. The van der Waals surface area contributed by atoms with Crippen LogP contribution in [0.3, 0.4) is 0 Å². The van der Waals surface area contributed by atoms with Crippen LogP contribution in [-0.2, 0) is 4.79 Å². The number of halogens is 1. The van der Waals surface area contributed by atoms with Gasteiger partial charge in [0.15, 0.2) is 4.34 Å². The largest absolute Gasteiger partial charge is 0.494 e. The highest BCUT2D eigenvalue weighted by Crippen LogP contribution is 2.30. The lowest BCUT2D eigenvalue weighted by Crippen LogP contribution is -2.22. The Hall–Kier alpha value is -2.62. The molecule has 3 rings (SSSR count). The number of hydrogen-bond donors (Lipinski definition) is 2. The van der Waals surface area contributed by atoms with Gasteiger partial charge in [-0.3, -0.25) is 14.9 Å². The lowest BCUT2D eigenvalue weighted by atomic mass is 10.2. The van der Waals surface area contributed by atoms with Crippen LogP contribution in [0.25, 0.3) is 0 Å². The maximum Gasteiger partial charge on any atom is 0.259 e. The predicted molar refractivity (Wildman–Crippen MR) is 121 cm³/mol. The van der Waals surface area contributed by atoms with Crippen molar-refractivity contribution in [2.45, 2.75) is 23.4 Å². The quantitative estimate of drug-likeness (QED) is 0.363.